The molecule has 2 aromatic carbocycles. The number of nitrogens with one attached hydrogen (secondary N) is 4. The van der Waals surface area contributed by atoms with E-state index >= 15 is 0 Å². The van der Waals surface area contributed by atoms with E-state index in [1.165, 1.54) is 19.9 Å². The Kier molecular flexibility index (Phi) is 10.8. The van der Waals surface area contributed by atoms with Crippen LogP contribution >= 0.6 is 0 Å². The monoisotopic (exact) mass is 618 g/mol. The van der Waals surface area contributed by atoms with Crippen LogP contribution in [-0.4, -0.2) is 52.8 Å². The summed E-state index contributed by atoms with van der Waals surface area (Å²) in [5, 5.41) is 18.1. The Morgan fingerprint density at radius 2 is 1.48 bits per heavy atom. The predicted octanol–water partition coefficient (Wildman–Crippen LogP) is 2.35. The van der Waals surface area contributed by atoms with Crippen LogP contribution in [0.25, 0.3) is 11.0 Å². The molecule has 0 saturated carbocycles. The zero-order valence-electron chi connectivity index (χ0n) is 23.5. The molecule has 5 N–H and O–H groups in total. The van der Waals surface area contributed by atoms with Gasteiger partial charge in [-0.2, -0.15) is 13.2 Å². The smallest absolute Gasteiger partial charge is 0.417 e. The Balaban J connectivity index is 1.74. The van der Waals surface area contributed by atoms with Gasteiger partial charge >= 0.3 is 17.8 Å². The summed E-state index contributed by atoms with van der Waals surface area (Å²) in [5.74, 6) is -4.11. The van der Waals surface area contributed by atoms with Crippen molar-refractivity contribution < 1.29 is 46.7 Å². The van der Waals surface area contributed by atoms with E-state index in [2.05, 4.69) is 21.3 Å². The molecule has 0 fully saturated rings. The van der Waals surface area contributed by atoms with Crippen LogP contribution in [-0.2, 0) is 36.6 Å². The van der Waals surface area contributed by atoms with Crippen LogP contribution in [0.15, 0.2) is 63.8 Å². The molecule has 0 radical (unpaired) electrons. The number of amides is 4. The van der Waals surface area contributed by atoms with Crippen molar-refractivity contribution in [2.75, 3.05) is 5.32 Å². The van der Waals surface area contributed by atoms with Crippen molar-refractivity contribution in [2.45, 2.75) is 57.4 Å². The van der Waals surface area contributed by atoms with Gasteiger partial charge in [0, 0.05) is 36.0 Å². The lowest BCUT2D eigenvalue weighted by atomic mass is 10.0. The standard InChI is InChI=1S/C29H29F3N4O8/c1-15(33-23(37)10-11-24(38)39)26(41)34-16(2)27(42)36-21(12-17-6-4-3-5-7-17)28(43)35-18-8-9-19-20(29(30,31)32)14-25(40)44-22(19)13-18/h3-9,13-16,21H,10-12H2,1-2H3,(H,33,37)(H,34,41)(H,35,43)(H,36,42)(H,38,39)/t15-,16-,21-/m0/s1. The number of rotatable bonds is 12. The molecule has 0 aliphatic heterocycles. The first-order valence-corrected chi connectivity index (χ1v) is 13.3. The molecule has 0 spiro atoms. The molecule has 0 saturated heterocycles. The van der Waals surface area contributed by atoms with Gasteiger partial charge in [-0.3, -0.25) is 24.0 Å². The number of carbonyl (C=O) groups excluding carboxylic acids is 4. The summed E-state index contributed by atoms with van der Waals surface area (Å²) in [7, 11) is 0. The van der Waals surface area contributed by atoms with Crippen LogP contribution < -0.4 is 26.9 Å². The maximum Gasteiger partial charge on any atom is 0.417 e. The van der Waals surface area contributed by atoms with E-state index in [9.17, 15) is 41.9 Å². The largest absolute Gasteiger partial charge is 0.481 e. The third-order valence-corrected chi connectivity index (χ3v) is 6.32. The maximum absolute atomic E-state index is 13.4. The van der Waals surface area contributed by atoms with Crippen molar-refractivity contribution in [3.63, 3.8) is 0 Å². The third-order valence-electron chi connectivity index (χ3n) is 6.32. The lowest BCUT2D eigenvalue weighted by molar-refractivity contribution is -0.139. The molecule has 1 heterocycles. The summed E-state index contributed by atoms with van der Waals surface area (Å²) in [6, 6.07) is 8.70. The highest BCUT2D eigenvalue weighted by Crippen LogP contribution is 2.34. The van der Waals surface area contributed by atoms with Gasteiger partial charge in [0.1, 0.15) is 23.7 Å². The predicted molar refractivity (Wildman–Crippen MR) is 150 cm³/mol. The Morgan fingerprint density at radius 3 is 2.11 bits per heavy atom. The highest BCUT2D eigenvalue weighted by Gasteiger charge is 2.34. The van der Waals surface area contributed by atoms with Gasteiger partial charge < -0.3 is 30.8 Å². The molecule has 44 heavy (non-hydrogen) atoms. The molecular formula is C29H29F3N4O8. The highest BCUT2D eigenvalue weighted by atomic mass is 19.4. The SMILES string of the molecule is C[C@H](NC(=O)CCC(=O)O)C(=O)N[C@@H](C)C(=O)N[C@@H](Cc1ccccc1)C(=O)Nc1ccc2c(C(F)(F)F)cc(=O)oc2c1. The van der Waals surface area contributed by atoms with Crippen molar-refractivity contribution in [1.29, 1.82) is 0 Å². The van der Waals surface area contributed by atoms with Gasteiger partial charge in [-0.05, 0) is 31.5 Å². The minimum absolute atomic E-state index is 0.00396. The first-order chi connectivity index (χ1) is 20.6. The number of carboxylic acids is 1. The average Bonchev–Trinajstić information content (AvgIpc) is 2.94. The van der Waals surface area contributed by atoms with Crippen molar-refractivity contribution in [3.8, 4) is 0 Å². The topological polar surface area (TPSA) is 184 Å². The molecule has 0 aliphatic carbocycles. The average molecular weight is 619 g/mol. The fourth-order valence-corrected chi connectivity index (χ4v) is 4.06. The summed E-state index contributed by atoms with van der Waals surface area (Å²) in [6.45, 7) is 2.68. The third kappa shape index (κ3) is 9.40. The van der Waals surface area contributed by atoms with E-state index in [1.54, 1.807) is 30.3 Å². The van der Waals surface area contributed by atoms with Gasteiger partial charge in [0.25, 0.3) is 0 Å². The van der Waals surface area contributed by atoms with Gasteiger partial charge in [0.15, 0.2) is 0 Å². The van der Waals surface area contributed by atoms with Crippen LogP contribution in [0.1, 0.15) is 37.8 Å². The number of carbonyl (C=O) groups is 5. The van der Waals surface area contributed by atoms with E-state index in [0.717, 1.165) is 12.1 Å². The van der Waals surface area contributed by atoms with Crippen LogP contribution in [0.2, 0.25) is 0 Å². The Labute approximate surface area is 248 Å². The van der Waals surface area contributed by atoms with Crippen molar-refractivity contribution in [3.05, 3.63) is 76.1 Å². The summed E-state index contributed by atoms with van der Waals surface area (Å²) < 4.78 is 45.1. The fraction of sp³-hybridized carbons (Fsp3) is 0.310. The molecule has 1 aromatic heterocycles. The molecule has 15 heteroatoms. The van der Waals surface area contributed by atoms with E-state index < -0.39 is 77.1 Å². The van der Waals surface area contributed by atoms with Crippen molar-refractivity contribution in [1.82, 2.24) is 16.0 Å². The van der Waals surface area contributed by atoms with Gasteiger partial charge in [0.05, 0.1) is 12.0 Å². The van der Waals surface area contributed by atoms with Crippen molar-refractivity contribution in [2.24, 2.45) is 0 Å². The van der Waals surface area contributed by atoms with Gasteiger partial charge in [-0.1, -0.05) is 30.3 Å². The van der Waals surface area contributed by atoms with E-state index in [1.807, 2.05) is 0 Å². The Hall–Kier alpha value is -5.21. The lowest BCUT2D eigenvalue weighted by Crippen LogP contribution is -2.55. The molecular weight excluding hydrogens is 589 g/mol. The number of hydrogen-bond donors (Lipinski definition) is 5. The maximum atomic E-state index is 13.4. The molecule has 0 unspecified atom stereocenters. The molecule has 3 aromatic rings. The summed E-state index contributed by atoms with van der Waals surface area (Å²) in [6.07, 6.45) is -5.59. The van der Waals surface area contributed by atoms with E-state index in [0.29, 0.717) is 11.6 Å². The second kappa shape index (κ2) is 14.3. The van der Waals surface area contributed by atoms with Gasteiger partial charge in [-0.15, -0.1) is 0 Å². The molecule has 234 valence electrons. The molecule has 4 amide bonds. The first kappa shape index (κ1) is 33.3. The lowest BCUT2D eigenvalue weighted by Gasteiger charge is -2.22. The number of alkyl halides is 3. The Bertz CT molecular complexity index is 1610. The summed E-state index contributed by atoms with van der Waals surface area (Å²) >= 11 is 0. The van der Waals surface area contributed by atoms with Crippen LogP contribution in [0.5, 0.6) is 0 Å². The molecule has 3 atom stereocenters. The fourth-order valence-electron chi connectivity index (χ4n) is 4.06. The second-order valence-electron chi connectivity index (χ2n) is 9.84. The number of anilines is 1. The summed E-state index contributed by atoms with van der Waals surface area (Å²) in [5.41, 5.74) is -2.19. The van der Waals surface area contributed by atoms with Crippen LogP contribution in [0, 0.1) is 0 Å². The minimum atomic E-state index is -4.82. The van der Waals surface area contributed by atoms with E-state index in [-0.39, 0.29) is 23.9 Å². The second-order valence-corrected chi connectivity index (χ2v) is 9.84. The quantitative estimate of drug-likeness (QED) is 0.192. The van der Waals surface area contributed by atoms with Crippen molar-refractivity contribution >= 4 is 46.3 Å². The molecule has 0 aliphatic rings. The van der Waals surface area contributed by atoms with Gasteiger partial charge in [-0.25, -0.2) is 4.79 Å². The highest BCUT2D eigenvalue weighted by molar-refractivity contribution is 6.00. The zero-order chi connectivity index (χ0) is 32.6. The minimum Gasteiger partial charge on any atom is -0.481 e. The van der Waals surface area contributed by atoms with Gasteiger partial charge in [0.2, 0.25) is 23.6 Å². The Morgan fingerprint density at radius 1 is 0.841 bits per heavy atom. The first-order valence-electron chi connectivity index (χ1n) is 13.3. The summed E-state index contributed by atoms with van der Waals surface area (Å²) in [4.78, 5) is 73.0. The molecule has 0 bridgehead atoms. The number of carboxylic acid groups (broad SMARTS) is 1. The molecule has 3 rings (SSSR count). The zero-order valence-corrected chi connectivity index (χ0v) is 23.5. The van der Waals surface area contributed by atoms with E-state index in [4.69, 9.17) is 9.52 Å². The molecule has 12 nitrogen and oxygen atoms in total. The number of hydrogen-bond acceptors (Lipinski definition) is 7. The van der Waals surface area contributed by atoms with Crippen LogP contribution in [0.3, 0.4) is 0 Å². The number of halogens is 3. The number of fused-ring (bicyclic) bond motifs is 1. The normalized spacial score (nSPS) is 13.3. The number of aliphatic carboxylic acids is 1. The van der Waals surface area contributed by atoms with Crippen LogP contribution in [0.4, 0.5) is 18.9 Å². The number of benzene rings is 2.